The molecule has 0 aliphatic rings. The van der Waals surface area contributed by atoms with Crippen LogP contribution in [0.5, 0.6) is 5.75 Å². The maximum atomic E-state index is 12.0. The van der Waals surface area contributed by atoms with Crippen molar-refractivity contribution in [3.05, 3.63) is 84.0 Å². The van der Waals surface area contributed by atoms with E-state index in [9.17, 15) is 13.5 Å². The lowest BCUT2D eigenvalue weighted by molar-refractivity contribution is -0.432. The van der Waals surface area contributed by atoms with Crippen LogP contribution in [0.4, 0.5) is 40.3 Å². The van der Waals surface area contributed by atoms with Gasteiger partial charge in [-0.05, 0) is 77.7 Å². The van der Waals surface area contributed by atoms with Crippen molar-refractivity contribution in [3.8, 4) is 5.75 Å². The summed E-state index contributed by atoms with van der Waals surface area (Å²) >= 11 is 7.40. The zero-order valence-corrected chi connectivity index (χ0v) is 27.0. The molecule has 1 heterocycles. The summed E-state index contributed by atoms with van der Waals surface area (Å²) in [6.45, 7) is 3.31. The third-order valence-corrected chi connectivity index (χ3v) is 8.86. The molecule has 0 unspecified atom stereocenters. The van der Waals surface area contributed by atoms with Gasteiger partial charge in [0.05, 0.1) is 45.0 Å². The maximum absolute atomic E-state index is 12.0. The van der Waals surface area contributed by atoms with E-state index in [4.69, 9.17) is 27.8 Å². The summed E-state index contributed by atoms with van der Waals surface area (Å²) in [4.78, 5) is 13.2. The zero-order chi connectivity index (χ0) is 34.3. The van der Waals surface area contributed by atoms with Gasteiger partial charge in [-0.3, -0.25) is 0 Å². The number of anilines is 5. The van der Waals surface area contributed by atoms with Gasteiger partial charge < -0.3 is 21.5 Å². The Labute approximate surface area is 284 Å². The van der Waals surface area contributed by atoms with Crippen LogP contribution in [0.1, 0.15) is 0 Å². The SMILES string of the molecule is C=CS(=O)(=O)c1ccc(Nc2nc(Cl)nc(Nc3ccc(N=Nc4c(N)ccc5cc(SOOO)cc(O)c45)c(SOOO)c3)n2)cc1. The van der Waals surface area contributed by atoms with Crippen LogP contribution in [0, 0.1) is 0 Å². The first kappa shape index (κ1) is 34.7. The van der Waals surface area contributed by atoms with Crippen LogP contribution in [-0.2, 0) is 28.6 Å². The lowest BCUT2D eigenvalue weighted by atomic mass is 10.1. The fourth-order valence-electron chi connectivity index (χ4n) is 4.07. The quantitative estimate of drug-likeness (QED) is 0.0211. The lowest BCUT2D eigenvalue weighted by Gasteiger charge is -2.11. The molecule has 0 spiro atoms. The first-order valence-corrected chi connectivity index (χ1v) is 16.3. The van der Waals surface area contributed by atoms with E-state index < -0.39 is 9.84 Å². The van der Waals surface area contributed by atoms with Crippen LogP contribution in [-0.4, -0.2) is 39.0 Å². The van der Waals surface area contributed by atoms with Gasteiger partial charge in [-0.1, -0.05) is 22.7 Å². The van der Waals surface area contributed by atoms with Gasteiger partial charge in [-0.15, -0.1) is 18.9 Å². The molecular formula is C27H21ClN8O9S3. The van der Waals surface area contributed by atoms with Crippen molar-refractivity contribution < 1.29 is 42.8 Å². The van der Waals surface area contributed by atoms with E-state index in [1.54, 1.807) is 36.4 Å². The van der Waals surface area contributed by atoms with Crippen LogP contribution in [0.2, 0.25) is 5.28 Å². The molecule has 0 aliphatic heterocycles. The average molecular weight is 733 g/mol. The third kappa shape index (κ3) is 8.45. The van der Waals surface area contributed by atoms with E-state index in [2.05, 4.69) is 61.1 Å². The van der Waals surface area contributed by atoms with Gasteiger partial charge in [0, 0.05) is 21.7 Å². The highest BCUT2D eigenvalue weighted by Crippen LogP contribution is 2.42. The minimum atomic E-state index is -3.59. The summed E-state index contributed by atoms with van der Waals surface area (Å²) in [5.41, 5.74) is 7.69. The normalized spacial score (nSPS) is 11.6. The van der Waals surface area contributed by atoms with Crippen molar-refractivity contribution in [3.63, 3.8) is 0 Å². The number of hydrogen-bond donors (Lipinski definition) is 6. The van der Waals surface area contributed by atoms with Gasteiger partial charge in [0.1, 0.15) is 17.1 Å². The Morgan fingerprint density at radius 2 is 1.54 bits per heavy atom. The Hall–Kier alpha value is -4.61. The lowest BCUT2D eigenvalue weighted by Crippen LogP contribution is -2.04. The van der Waals surface area contributed by atoms with Crippen molar-refractivity contribution >= 4 is 96.6 Å². The Balaban J connectivity index is 1.40. The van der Waals surface area contributed by atoms with Crippen LogP contribution in [0.15, 0.2) is 104 Å². The number of nitrogen functional groups attached to an aromatic ring is 1. The Morgan fingerprint density at radius 3 is 2.23 bits per heavy atom. The van der Waals surface area contributed by atoms with Crippen LogP contribution in [0.25, 0.3) is 10.8 Å². The molecular weight excluding hydrogens is 712 g/mol. The number of aromatic hydroxyl groups is 1. The number of azo groups is 1. The molecule has 17 nitrogen and oxygen atoms in total. The van der Waals surface area contributed by atoms with Crippen molar-refractivity contribution in [2.75, 3.05) is 16.4 Å². The highest BCUT2D eigenvalue weighted by molar-refractivity contribution is 7.95. The van der Waals surface area contributed by atoms with Crippen molar-refractivity contribution in [1.29, 1.82) is 0 Å². The maximum Gasteiger partial charge on any atom is 0.233 e. The second-order valence-corrected chi connectivity index (χ2v) is 12.9. The average Bonchev–Trinajstić information content (AvgIpc) is 3.06. The standard InChI is InChI=1S/C27H21ClN8O9S3/c1-2-48(40,41)18-7-4-15(5-8-18)30-26-32-25(28)33-27(34-26)31-16-6-10-20(22(12-16)47-45-43-39)35-36-24-19(29)9-3-14-11-17(46-44-42-38)13-21(37)23(14)24/h2-13,37-39H,1,29H2,(H2,30,31,32,33,34). The van der Waals surface area contributed by atoms with E-state index in [0.29, 0.717) is 56.0 Å². The molecule has 21 heteroatoms. The first-order valence-electron chi connectivity index (χ1n) is 12.9. The largest absolute Gasteiger partial charge is 0.507 e. The van der Waals surface area contributed by atoms with Gasteiger partial charge in [0.25, 0.3) is 0 Å². The van der Waals surface area contributed by atoms with Crippen LogP contribution >= 0.6 is 35.7 Å². The molecule has 0 atom stereocenters. The fraction of sp³-hybridized carbons (Fsp3) is 0. The summed E-state index contributed by atoms with van der Waals surface area (Å²) < 4.78 is 33.0. The number of sulfone groups is 1. The Morgan fingerprint density at radius 1 is 0.875 bits per heavy atom. The molecule has 1 aromatic heterocycles. The third-order valence-electron chi connectivity index (χ3n) is 6.13. The number of halogens is 1. The van der Waals surface area contributed by atoms with Crippen LogP contribution in [0.3, 0.4) is 0 Å². The molecule has 5 rings (SSSR count). The molecule has 248 valence electrons. The second kappa shape index (κ2) is 15.5. The molecule has 0 amide bonds. The predicted octanol–water partition coefficient (Wildman–Crippen LogP) is 7.64. The van der Waals surface area contributed by atoms with Gasteiger partial charge in [0.2, 0.25) is 17.2 Å². The summed E-state index contributed by atoms with van der Waals surface area (Å²) in [7, 11) is -3.59. The molecule has 0 saturated carbocycles. The van der Waals surface area contributed by atoms with E-state index in [1.807, 2.05) is 0 Å². The second-order valence-electron chi connectivity index (χ2n) is 9.12. The van der Waals surface area contributed by atoms with Crippen molar-refractivity contribution in [2.24, 2.45) is 10.2 Å². The summed E-state index contributed by atoms with van der Waals surface area (Å²) in [5.74, 6) is -0.0864. The van der Waals surface area contributed by atoms with Crippen molar-refractivity contribution in [1.82, 2.24) is 15.0 Å². The molecule has 5 aromatic rings. The number of benzene rings is 4. The van der Waals surface area contributed by atoms with E-state index in [0.717, 1.165) is 5.41 Å². The number of aromatic nitrogens is 3. The van der Waals surface area contributed by atoms with Gasteiger partial charge in [-0.25, -0.2) is 18.9 Å². The number of nitrogens with zero attached hydrogens (tertiary/aromatic N) is 5. The molecule has 0 bridgehead atoms. The molecule has 48 heavy (non-hydrogen) atoms. The van der Waals surface area contributed by atoms with Gasteiger partial charge in [0.15, 0.2) is 9.84 Å². The van der Waals surface area contributed by atoms with E-state index >= 15 is 0 Å². The Kier molecular flexibility index (Phi) is 11.2. The first-order chi connectivity index (χ1) is 23.1. The zero-order valence-electron chi connectivity index (χ0n) is 23.8. The molecule has 4 aromatic carbocycles. The molecule has 7 N–H and O–H groups in total. The smallest absolute Gasteiger partial charge is 0.233 e. The number of fused-ring (bicyclic) bond motifs is 1. The van der Waals surface area contributed by atoms with Crippen LogP contribution < -0.4 is 16.4 Å². The number of hydrogen-bond acceptors (Lipinski definition) is 19. The number of rotatable bonds is 14. The molecule has 0 saturated heterocycles. The number of nitrogens with one attached hydrogen (secondary N) is 2. The topological polar surface area (TPSA) is 245 Å². The van der Waals surface area contributed by atoms with Gasteiger partial charge >= 0.3 is 0 Å². The molecule has 0 fully saturated rings. The summed E-state index contributed by atoms with van der Waals surface area (Å²) in [5, 5.41) is 51.3. The summed E-state index contributed by atoms with van der Waals surface area (Å²) in [6.07, 6.45) is 0. The predicted molar refractivity (Wildman–Crippen MR) is 177 cm³/mol. The summed E-state index contributed by atoms with van der Waals surface area (Å²) in [6, 6.07) is 16.8. The highest BCUT2D eigenvalue weighted by Gasteiger charge is 2.15. The number of phenolic OH excluding ortho intramolecular Hbond substituents is 1. The monoisotopic (exact) mass is 732 g/mol. The fourth-order valence-corrected chi connectivity index (χ4v) is 5.85. The number of nitrogens with two attached hydrogens (primary N) is 1. The molecule has 0 radical (unpaired) electrons. The number of phenols is 1. The van der Waals surface area contributed by atoms with E-state index in [-0.39, 0.29) is 44.9 Å². The highest BCUT2D eigenvalue weighted by atomic mass is 35.5. The van der Waals surface area contributed by atoms with E-state index in [1.165, 1.54) is 30.3 Å². The molecule has 0 aliphatic carbocycles. The minimum Gasteiger partial charge on any atom is -0.507 e. The minimum absolute atomic E-state index is 0.0421. The van der Waals surface area contributed by atoms with Gasteiger partial charge in [-0.2, -0.15) is 15.0 Å². The van der Waals surface area contributed by atoms with Crippen molar-refractivity contribution in [2.45, 2.75) is 14.7 Å². The Bertz CT molecular complexity index is 2110.